The van der Waals surface area contributed by atoms with Gasteiger partial charge >= 0.3 is 0 Å². The van der Waals surface area contributed by atoms with Crippen molar-refractivity contribution in [1.82, 2.24) is 5.48 Å². The monoisotopic (exact) mass is 353 g/mol. The van der Waals surface area contributed by atoms with Crippen LogP contribution in [0.25, 0.3) is 0 Å². The Bertz CT molecular complexity index is 324. The zero-order valence-corrected chi connectivity index (χ0v) is 12.0. The lowest BCUT2D eigenvalue weighted by Crippen LogP contribution is -2.17. The van der Waals surface area contributed by atoms with E-state index in [1.165, 1.54) is 0 Å². The summed E-state index contributed by atoms with van der Waals surface area (Å²) in [5.41, 5.74) is 3.80. The van der Waals surface area contributed by atoms with Gasteiger partial charge in [0.05, 0.1) is 22.2 Å². The van der Waals surface area contributed by atoms with Gasteiger partial charge in [-0.3, -0.25) is 4.84 Å². The lowest BCUT2D eigenvalue weighted by atomic mass is 10.2. The first kappa shape index (κ1) is 13.9. The van der Waals surface area contributed by atoms with Crippen LogP contribution in [-0.4, -0.2) is 25.4 Å². The molecule has 90 valence electrons. The molecule has 0 aliphatic rings. The van der Waals surface area contributed by atoms with Crippen LogP contribution in [-0.2, 0) is 16.1 Å². The summed E-state index contributed by atoms with van der Waals surface area (Å²) < 4.78 is 6.13. The predicted octanol–water partition coefficient (Wildman–Crippen LogP) is 2.58. The third-order valence-electron chi connectivity index (χ3n) is 1.84. The molecule has 1 rings (SSSR count). The van der Waals surface area contributed by atoms with Crippen molar-refractivity contribution in [2.24, 2.45) is 0 Å². The molecule has 0 spiro atoms. The summed E-state index contributed by atoms with van der Waals surface area (Å²) in [5.74, 6) is 0.198. The SMILES string of the molecule is COCCONCc1cc(Br)c(O)c(Br)c1. The van der Waals surface area contributed by atoms with Crippen LogP contribution >= 0.6 is 31.9 Å². The number of aromatic hydroxyl groups is 1. The second kappa shape index (κ2) is 7.24. The zero-order chi connectivity index (χ0) is 12.0. The number of phenols is 1. The Labute approximate surface area is 111 Å². The highest BCUT2D eigenvalue weighted by molar-refractivity contribution is 9.11. The zero-order valence-electron chi connectivity index (χ0n) is 8.80. The van der Waals surface area contributed by atoms with Gasteiger partial charge in [0.2, 0.25) is 0 Å². The second-order valence-electron chi connectivity index (χ2n) is 3.07. The average Bonchev–Trinajstić information content (AvgIpc) is 2.25. The van der Waals surface area contributed by atoms with Crippen LogP contribution in [0, 0.1) is 0 Å². The van der Waals surface area contributed by atoms with E-state index in [0.29, 0.717) is 28.7 Å². The van der Waals surface area contributed by atoms with E-state index in [9.17, 15) is 5.11 Å². The fraction of sp³-hybridized carbons (Fsp3) is 0.400. The van der Waals surface area contributed by atoms with Crippen molar-refractivity contribution in [1.29, 1.82) is 0 Å². The molecule has 0 aliphatic heterocycles. The van der Waals surface area contributed by atoms with E-state index in [1.54, 1.807) is 7.11 Å². The van der Waals surface area contributed by atoms with E-state index in [2.05, 4.69) is 37.3 Å². The fourth-order valence-electron chi connectivity index (χ4n) is 1.05. The smallest absolute Gasteiger partial charge is 0.143 e. The molecule has 4 nitrogen and oxygen atoms in total. The Morgan fingerprint density at radius 2 is 1.88 bits per heavy atom. The standard InChI is InChI=1S/C10H13Br2NO3/c1-15-2-3-16-13-6-7-4-8(11)10(14)9(12)5-7/h4-5,13-14H,2-3,6H2,1H3. The minimum atomic E-state index is 0.198. The van der Waals surface area contributed by atoms with Crippen molar-refractivity contribution < 1.29 is 14.7 Å². The summed E-state index contributed by atoms with van der Waals surface area (Å²) in [7, 11) is 1.62. The number of nitrogens with one attached hydrogen (secondary N) is 1. The van der Waals surface area contributed by atoms with E-state index >= 15 is 0 Å². The highest BCUT2D eigenvalue weighted by Gasteiger charge is 2.05. The first-order valence-corrected chi connectivity index (χ1v) is 6.24. The topological polar surface area (TPSA) is 50.7 Å². The van der Waals surface area contributed by atoms with Gasteiger partial charge < -0.3 is 9.84 Å². The molecule has 0 aromatic heterocycles. The summed E-state index contributed by atoms with van der Waals surface area (Å²) in [6, 6.07) is 3.65. The van der Waals surface area contributed by atoms with Gasteiger partial charge in [-0.05, 0) is 49.6 Å². The minimum Gasteiger partial charge on any atom is -0.506 e. The number of benzene rings is 1. The molecular weight excluding hydrogens is 342 g/mol. The molecular formula is C10H13Br2NO3. The Morgan fingerprint density at radius 1 is 1.25 bits per heavy atom. The molecule has 2 N–H and O–H groups in total. The highest BCUT2D eigenvalue weighted by atomic mass is 79.9. The van der Waals surface area contributed by atoms with Crippen molar-refractivity contribution in [3.05, 3.63) is 26.6 Å². The molecule has 0 radical (unpaired) electrons. The van der Waals surface area contributed by atoms with Crippen molar-refractivity contribution in [2.45, 2.75) is 6.54 Å². The molecule has 1 aromatic rings. The van der Waals surface area contributed by atoms with Gasteiger partial charge in [-0.15, -0.1) is 0 Å². The van der Waals surface area contributed by atoms with Crippen LogP contribution in [0.4, 0.5) is 0 Å². The van der Waals surface area contributed by atoms with Crippen molar-refractivity contribution in [2.75, 3.05) is 20.3 Å². The first-order chi connectivity index (χ1) is 7.65. The molecule has 0 atom stereocenters. The maximum atomic E-state index is 9.51. The van der Waals surface area contributed by atoms with Gasteiger partial charge in [-0.1, -0.05) is 0 Å². The maximum Gasteiger partial charge on any atom is 0.143 e. The van der Waals surface area contributed by atoms with E-state index in [1.807, 2.05) is 12.1 Å². The average molecular weight is 355 g/mol. The molecule has 0 bridgehead atoms. The number of rotatable bonds is 6. The Hall–Kier alpha value is -0.140. The molecule has 0 amide bonds. The summed E-state index contributed by atoms with van der Waals surface area (Å²) in [4.78, 5) is 5.12. The van der Waals surface area contributed by atoms with Gasteiger partial charge in [-0.25, -0.2) is 0 Å². The fourth-order valence-corrected chi connectivity index (χ4v) is 2.33. The number of methoxy groups -OCH3 is 1. The molecule has 0 heterocycles. The number of halogens is 2. The summed E-state index contributed by atoms with van der Waals surface area (Å²) in [6.07, 6.45) is 0. The summed E-state index contributed by atoms with van der Waals surface area (Å²) in [5, 5.41) is 9.51. The Morgan fingerprint density at radius 3 is 2.44 bits per heavy atom. The predicted molar refractivity (Wildman–Crippen MR) is 68.2 cm³/mol. The van der Waals surface area contributed by atoms with Crippen LogP contribution < -0.4 is 5.48 Å². The molecule has 0 saturated heterocycles. The third kappa shape index (κ3) is 4.39. The van der Waals surface area contributed by atoms with Crippen molar-refractivity contribution >= 4 is 31.9 Å². The number of ether oxygens (including phenoxy) is 1. The van der Waals surface area contributed by atoms with E-state index in [4.69, 9.17) is 9.57 Å². The normalized spacial score (nSPS) is 10.7. The van der Waals surface area contributed by atoms with Crippen molar-refractivity contribution in [3.63, 3.8) is 0 Å². The van der Waals surface area contributed by atoms with E-state index in [0.717, 1.165) is 5.56 Å². The maximum absolute atomic E-state index is 9.51. The van der Waals surface area contributed by atoms with Gasteiger partial charge in [-0.2, -0.15) is 5.48 Å². The van der Waals surface area contributed by atoms with Crippen LogP contribution in [0.3, 0.4) is 0 Å². The molecule has 16 heavy (non-hydrogen) atoms. The summed E-state index contributed by atoms with van der Waals surface area (Å²) >= 11 is 6.52. The van der Waals surface area contributed by atoms with Crippen LogP contribution in [0.2, 0.25) is 0 Å². The van der Waals surface area contributed by atoms with Crippen LogP contribution in [0.15, 0.2) is 21.1 Å². The van der Waals surface area contributed by atoms with Gasteiger partial charge in [0.15, 0.2) is 0 Å². The highest BCUT2D eigenvalue weighted by Crippen LogP contribution is 2.33. The molecule has 0 fully saturated rings. The lowest BCUT2D eigenvalue weighted by Gasteiger charge is -2.08. The first-order valence-electron chi connectivity index (χ1n) is 4.65. The molecule has 6 heteroatoms. The van der Waals surface area contributed by atoms with Crippen LogP contribution in [0.1, 0.15) is 5.56 Å². The molecule has 1 aromatic carbocycles. The number of hydrogen-bond donors (Lipinski definition) is 2. The largest absolute Gasteiger partial charge is 0.506 e. The third-order valence-corrected chi connectivity index (χ3v) is 3.05. The number of phenolic OH excluding ortho intramolecular Hbond substituents is 1. The molecule has 0 saturated carbocycles. The quantitative estimate of drug-likeness (QED) is 0.609. The van der Waals surface area contributed by atoms with Gasteiger partial charge in [0.25, 0.3) is 0 Å². The Kier molecular flexibility index (Phi) is 6.30. The number of hydroxylamine groups is 1. The minimum absolute atomic E-state index is 0.198. The lowest BCUT2D eigenvalue weighted by molar-refractivity contribution is 0.00345. The summed E-state index contributed by atoms with van der Waals surface area (Å²) in [6.45, 7) is 1.61. The van der Waals surface area contributed by atoms with E-state index < -0.39 is 0 Å². The van der Waals surface area contributed by atoms with Gasteiger partial charge in [0, 0.05) is 13.7 Å². The number of hydrogen-bond acceptors (Lipinski definition) is 4. The van der Waals surface area contributed by atoms with Gasteiger partial charge in [0.1, 0.15) is 5.75 Å². The molecule has 0 unspecified atom stereocenters. The van der Waals surface area contributed by atoms with Crippen molar-refractivity contribution in [3.8, 4) is 5.75 Å². The molecule has 0 aliphatic carbocycles. The second-order valence-corrected chi connectivity index (χ2v) is 4.78. The van der Waals surface area contributed by atoms with Crippen LogP contribution in [0.5, 0.6) is 5.75 Å². The Balaban J connectivity index is 2.43. The van der Waals surface area contributed by atoms with E-state index in [-0.39, 0.29) is 5.75 Å².